The van der Waals surface area contributed by atoms with Gasteiger partial charge in [0, 0.05) is 12.2 Å². The molecule has 4 heteroatoms. The standard InChI is InChI=1S/C26H24N2O2/c1-4-27(20-11-7-5-8-12-20)24-23(22-16-15-18(2)17-19(22)3)25(29)28(26(24)30)21-13-9-6-10-14-21/h5-17H,4H2,1-3H3. The molecule has 0 radical (unpaired) electrons. The zero-order valence-corrected chi connectivity index (χ0v) is 17.4. The van der Waals surface area contributed by atoms with Crippen molar-refractivity contribution in [2.75, 3.05) is 16.3 Å². The molecule has 3 aromatic rings. The molecule has 0 spiro atoms. The van der Waals surface area contributed by atoms with E-state index in [0.29, 0.717) is 23.5 Å². The highest BCUT2D eigenvalue weighted by molar-refractivity contribution is 6.46. The summed E-state index contributed by atoms with van der Waals surface area (Å²) < 4.78 is 0. The molecular weight excluding hydrogens is 372 g/mol. The Labute approximate surface area is 177 Å². The van der Waals surface area contributed by atoms with Crippen LogP contribution in [0.2, 0.25) is 0 Å². The summed E-state index contributed by atoms with van der Waals surface area (Å²) >= 11 is 0. The van der Waals surface area contributed by atoms with Crippen molar-refractivity contribution >= 4 is 28.8 Å². The predicted molar refractivity (Wildman–Crippen MR) is 121 cm³/mol. The van der Waals surface area contributed by atoms with Crippen LogP contribution >= 0.6 is 0 Å². The normalized spacial score (nSPS) is 13.9. The molecule has 0 N–H and O–H groups in total. The van der Waals surface area contributed by atoms with Gasteiger partial charge in [0.2, 0.25) is 0 Å². The van der Waals surface area contributed by atoms with Gasteiger partial charge in [-0.1, -0.05) is 60.2 Å². The van der Waals surface area contributed by atoms with Crippen LogP contribution < -0.4 is 9.80 Å². The highest BCUT2D eigenvalue weighted by Crippen LogP contribution is 2.37. The van der Waals surface area contributed by atoms with Crippen molar-refractivity contribution in [2.45, 2.75) is 20.8 Å². The number of anilines is 2. The number of nitrogens with zero attached hydrogens (tertiary/aromatic N) is 2. The second-order valence-electron chi connectivity index (χ2n) is 7.40. The molecule has 1 heterocycles. The second-order valence-corrected chi connectivity index (χ2v) is 7.40. The first-order valence-electron chi connectivity index (χ1n) is 10.1. The van der Waals surface area contributed by atoms with Crippen LogP contribution in [0.25, 0.3) is 5.57 Å². The third-order valence-corrected chi connectivity index (χ3v) is 5.38. The molecule has 3 aromatic carbocycles. The average molecular weight is 396 g/mol. The quantitative estimate of drug-likeness (QED) is 0.563. The highest BCUT2D eigenvalue weighted by Gasteiger charge is 2.42. The fourth-order valence-electron chi connectivity index (χ4n) is 3.99. The Morgan fingerprint density at radius 3 is 2.03 bits per heavy atom. The maximum absolute atomic E-state index is 13.7. The van der Waals surface area contributed by atoms with E-state index in [-0.39, 0.29) is 11.8 Å². The molecule has 1 aliphatic rings. The van der Waals surface area contributed by atoms with Gasteiger partial charge < -0.3 is 4.90 Å². The molecule has 0 aliphatic carbocycles. The van der Waals surface area contributed by atoms with Gasteiger partial charge in [-0.3, -0.25) is 9.59 Å². The first kappa shape index (κ1) is 19.6. The van der Waals surface area contributed by atoms with E-state index in [1.807, 2.05) is 92.4 Å². The summed E-state index contributed by atoms with van der Waals surface area (Å²) in [5.74, 6) is -0.589. The Bertz CT molecular complexity index is 1130. The molecule has 0 aromatic heterocycles. The van der Waals surface area contributed by atoms with Crippen LogP contribution in [0.5, 0.6) is 0 Å². The number of hydrogen-bond acceptors (Lipinski definition) is 3. The Morgan fingerprint density at radius 1 is 0.800 bits per heavy atom. The van der Waals surface area contributed by atoms with Crippen molar-refractivity contribution in [3.05, 3.63) is 101 Å². The van der Waals surface area contributed by atoms with Gasteiger partial charge in [-0.25, -0.2) is 4.90 Å². The van der Waals surface area contributed by atoms with E-state index in [9.17, 15) is 9.59 Å². The van der Waals surface area contributed by atoms with Gasteiger partial charge in [-0.05, 0) is 56.2 Å². The van der Waals surface area contributed by atoms with Crippen molar-refractivity contribution < 1.29 is 9.59 Å². The van der Waals surface area contributed by atoms with Gasteiger partial charge in [-0.2, -0.15) is 0 Å². The minimum absolute atomic E-state index is 0.289. The number of imide groups is 1. The molecular formula is C26H24N2O2. The van der Waals surface area contributed by atoms with Crippen molar-refractivity contribution in [2.24, 2.45) is 0 Å². The first-order valence-corrected chi connectivity index (χ1v) is 10.1. The molecule has 0 atom stereocenters. The summed E-state index contributed by atoms with van der Waals surface area (Å²) in [5, 5.41) is 0. The zero-order valence-electron chi connectivity index (χ0n) is 17.4. The van der Waals surface area contributed by atoms with E-state index in [1.54, 1.807) is 12.1 Å². The summed E-state index contributed by atoms with van der Waals surface area (Å²) in [6, 6.07) is 24.8. The topological polar surface area (TPSA) is 40.6 Å². The molecule has 2 amide bonds. The van der Waals surface area contributed by atoms with Gasteiger partial charge in [0.15, 0.2) is 0 Å². The third-order valence-electron chi connectivity index (χ3n) is 5.38. The van der Waals surface area contributed by atoms with Crippen molar-refractivity contribution in [3.63, 3.8) is 0 Å². The number of rotatable bonds is 5. The predicted octanol–water partition coefficient (Wildman–Crippen LogP) is 5.11. The second kappa shape index (κ2) is 7.99. The fourth-order valence-corrected chi connectivity index (χ4v) is 3.99. The largest absolute Gasteiger partial charge is 0.337 e. The molecule has 30 heavy (non-hydrogen) atoms. The van der Waals surface area contributed by atoms with Crippen LogP contribution in [-0.2, 0) is 9.59 Å². The summed E-state index contributed by atoms with van der Waals surface area (Å²) in [6.45, 7) is 6.55. The van der Waals surface area contributed by atoms with E-state index >= 15 is 0 Å². The molecule has 0 saturated carbocycles. The maximum atomic E-state index is 13.7. The molecule has 0 bridgehead atoms. The third kappa shape index (κ3) is 3.30. The van der Waals surface area contributed by atoms with E-state index in [1.165, 1.54) is 4.90 Å². The van der Waals surface area contributed by atoms with Crippen LogP contribution in [0, 0.1) is 13.8 Å². The average Bonchev–Trinajstić information content (AvgIpc) is 3.00. The molecule has 0 fully saturated rings. The van der Waals surface area contributed by atoms with E-state index in [2.05, 4.69) is 0 Å². The minimum atomic E-state index is -0.299. The summed E-state index contributed by atoms with van der Waals surface area (Å²) in [5.41, 5.74) is 5.22. The molecule has 1 aliphatic heterocycles. The molecule has 0 saturated heterocycles. The van der Waals surface area contributed by atoms with Gasteiger partial charge in [0.25, 0.3) is 11.8 Å². The smallest absolute Gasteiger partial charge is 0.282 e. The van der Waals surface area contributed by atoms with Crippen molar-refractivity contribution in [3.8, 4) is 0 Å². The maximum Gasteiger partial charge on any atom is 0.282 e. The van der Waals surface area contributed by atoms with E-state index in [0.717, 1.165) is 22.4 Å². The molecule has 150 valence electrons. The lowest BCUT2D eigenvalue weighted by atomic mass is 9.97. The van der Waals surface area contributed by atoms with Gasteiger partial charge in [-0.15, -0.1) is 0 Å². The Hall–Kier alpha value is -3.66. The van der Waals surface area contributed by atoms with Crippen LogP contribution in [-0.4, -0.2) is 18.4 Å². The molecule has 4 rings (SSSR count). The minimum Gasteiger partial charge on any atom is -0.337 e. The lowest BCUT2D eigenvalue weighted by Crippen LogP contribution is -2.35. The summed E-state index contributed by atoms with van der Waals surface area (Å²) in [7, 11) is 0. The summed E-state index contributed by atoms with van der Waals surface area (Å²) in [6.07, 6.45) is 0. The number of carbonyl (C=O) groups excluding carboxylic acids is 2. The Kier molecular flexibility index (Phi) is 5.23. The Balaban J connectivity index is 1.95. The first-order chi connectivity index (χ1) is 14.5. The number of amides is 2. The molecule has 4 nitrogen and oxygen atoms in total. The van der Waals surface area contributed by atoms with Gasteiger partial charge >= 0.3 is 0 Å². The lowest BCUT2D eigenvalue weighted by molar-refractivity contribution is -0.120. The van der Waals surface area contributed by atoms with E-state index in [4.69, 9.17) is 0 Å². The number of carbonyl (C=O) groups is 2. The van der Waals surface area contributed by atoms with Crippen LogP contribution in [0.4, 0.5) is 11.4 Å². The monoisotopic (exact) mass is 396 g/mol. The Morgan fingerprint density at radius 2 is 1.43 bits per heavy atom. The number of aryl methyl sites for hydroxylation is 2. The number of hydrogen-bond donors (Lipinski definition) is 0. The van der Waals surface area contributed by atoms with Gasteiger partial charge in [0.1, 0.15) is 5.70 Å². The van der Waals surface area contributed by atoms with Crippen LogP contribution in [0.3, 0.4) is 0 Å². The highest BCUT2D eigenvalue weighted by atomic mass is 16.2. The summed E-state index contributed by atoms with van der Waals surface area (Å²) in [4.78, 5) is 30.5. The number of benzene rings is 3. The van der Waals surface area contributed by atoms with Crippen LogP contribution in [0.1, 0.15) is 23.6 Å². The lowest BCUT2D eigenvalue weighted by Gasteiger charge is -2.25. The zero-order chi connectivity index (χ0) is 21.3. The number of likely N-dealkylation sites (N-methyl/N-ethyl adjacent to an activating group) is 1. The van der Waals surface area contributed by atoms with Crippen molar-refractivity contribution in [1.29, 1.82) is 0 Å². The number of para-hydroxylation sites is 2. The fraction of sp³-hybridized carbons (Fsp3) is 0.154. The SMILES string of the molecule is CCN(C1=C(c2ccc(C)cc2C)C(=O)N(c2ccccc2)C1=O)c1ccccc1. The van der Waals surface area contributed by atoms with E-state index < -0.39 is 0 Å². The van der Waals surface area contributed by atoms with Gasteiger partial charge in [0.05, 0.1) is 11.3 Å². The molecule has 0 unspecified atom stereocenters. The van der Waals surface area contributed by atoms with Crippen molar-refractivity contribution in [1.82, 2.24) is 0 Å². The van der Waals surface area contributed by atoms with Crippen LogP contribution in [0.15, 0.2) is 84.6 Å².